The zero-order chi connectivity index (χ0) is 17.6. The number of Topliss-reactive ketones (excluding diaryl/α,β-unsaturated/α-hetero) is 1. The van der Waals surface area contributed by atoms with Crippen LogP contribution in [0, 0.1) is 11.8 Å². The molecule has 2 aromatic carbocycles. The van der Waals surface area contributed by atoms with Crippen molar-refractivity contribution < 1.29 is 9.59 Å². The van der Waals surface area contributed by atoms with Gasteiger partial charge in [-0.15, -0.1) is 0 Å². The summed E-state index contributed by atoms with van der Waals surface area (Å²) in [6.07, 6.45) is 0.928. The van der Waals surface area contributed by atoms with E-state index in [2.05, 4.69) is 18.0 Å². The molecule has 2 aromatic rings. The number of anilines is 1. The Morgan fingerprint density at radius 1 is 1.12 bits per heavy atom. The Morgan fingerprint density at radius 2 is 1.88 bits per heavy atom. The fourth-order valence-electron chi connectivity index (χ4n) is 3.35. The molecule has 0 saturated heterocycles. The van der Waals surface area contributed by atoms with Gasteiger partial charge < -0.3 is 4.90 Å². The second-order valence-corrected chi connectivity index (χ2v) is 6.94. The minimum absolute atomic E-state index is 0.0277. The van der Waals surface area contributed by atoms with Gasteiger partial charge in [-0.05, 0) is 37.0 Å². The predicted octanol–water partition coefficient (Wildman–Crippen LogP) is 3.84. The molecule has 0 aromatic heterocycles. The normalized spacial score (nSPS) is 22.8. The molecule has 1 fully saturated rings. The molecule has 0 unspecified atom stereocenters. The van der Waals surface area contributed by atoms with Crippen LogP contribution in [0.4, 0.5) is 5.69 Å². The van der Waals surface area contributed by atoms with Crippen molar-refractivity contribution in [1.82, 2.24) is 0 Å². The van der Waals surface area contributed by atoms with Gasteiger partial charge in [0.05, 0.1) is 6.54 Å². The summed E-state index contributed by atoms with van der Waals surface area (Å²) >= 11 is 0. The van der Waals surface area contributed by atoms with E-state index in [-0.39, 0.29) is 17.6 Å². The number of amides is 1. The number of carbonyl (C=O) groups excluding carboxylic acids is 2. The number of amidine groups is 1. The number of fused-ring (bicyclic) bond motifs is 1. The van der Waals surface area contributed by atoms with Gasteiger partial charge in [-0.25, -0.2) is 0 Å². The summed E-state index contributed by atoms with van der Waals surface area (Å²) in [5.41, 5.74) is 3.69. The average Bonchev–Trinajstić information content (AvgIpc) is 3.24. The van der Waals surface area contributed by atoms with E-state index < -0.39 is 0 Å². The van der Waals surface area contributed by atoms with E-state index in [1.54, 1.807) is 6.92 Å². The van der Waals surface area contributed by atoms with Gasteiger partial charge in [0.1, 0.15) is 5.84 Å². The molecule has 0 N–H and O–H groups in total. The highest BCUT2D eigenvalue weighted by Crippen LogP contribution is 2.39. The quantitative estimate of drug-likeness (QED) is 0.803. The first-order valence-corrected chi connectivity index (χ1v) is 8.64. The smallest absolute Gasteiger partial charge is 0.251 e. The van der Waals surface area contributed by atoms with Crippen molar-refractivity contribution in [2.24, 2.45) is 16.8 Å². The van der Waals surface area contributed by atoms with Gasteiger partial charge in [0.25, 0.3) is 5.91 Å². The third-order valence-electron chi connectivity index (χ3n) is 5.05. The van der Waals surface area contributed by atoms with Crippen LogP contribution in [0.15, 0.2) is 53.5 Å². The molecule has 25 heavy (non-hydrogen) atoms. The zero-order valence-electron chi connectivity index (χ0n) is 14.4. The SMILES string of the molecule is CC(=O)c1cccc(N2Cc3ccccc3C2=NC(=O)[C@@H]2C[C@H]2C)c1. The monoisotopic (exact) mass is 332 g/mol. The minimum Gasteiger partial charge on any atom is -0.321 e. The lowest BCUT2D eigenvalue weighted by Crippen LogP contribution is -2.25. The molecule has 2 atom stereocenters. The maximum absolute atomic E-state index is 12.5. The maximum Gasteiger partial charge on any atom is 0.251 e. The lowest BCUT2D eigenvalue weighted by molar-refractivity contribution is -0.119. The molecule has 0 radical (unpaired) electrons. The van der Waals surface area contributed by atoms with E-state index in [1.165, 1.54) is 0 Å². The van der Waals surface area contributed by atoms with E-state index in [0.717, 1.165) is 23.2 Å². The van der Waals surface area contributed by atoms with Crippen LogP contribution in [0.2, 0.25) is 0 Å². The van der Waals surface area contributed by atoms with Crippen LogP contribution >= 0.6 is 0 Å². The Kier molecular flexibility index (Phi) is 3.75. The van der Waals surface area contributed by atoms with E-state index in [1.807, 2.05) is 47.4 Å². The molecule has 1 aliphatic heterocycles. The fourth-order valence-corrected chi connectivity index (χ4v) is 3.35. The van der Waals surface area contributed by atoms with Crippen LogP contribution in [-0.4, -0.2) is 17.5 Å². The fraction of sp³-hybridized carbons (Fsp3) is 0.286. The number of rotatable bonds is 3. The van der Waals surface area contributed by atoms with Crippen molar-refractivity contribution in [3.8, 4) is 0 Å². The van der Waals surface area contributed by atoms with Crippen molar-refractivity contribution in [3.05, 3.63) is 65.2 Å². The first-order valence-electron chi connectivity index (χ1n) is 8.64. The Morgan fingerprint density at radius 3 is 2.60 bits per heavy atom. The largest absolute Gasteiger partial charge is 0.321 e. The van der Waals surface area contributed by atoms with Crippen LogP contribution < -0.4 is 4.90 Å². The Balaban J connectivity index is 1.76. The van der Waals surface area contributed by atoms with E-state index in [0.29, 0.717) is 23.9 Å². The van der Waals surface area contributed by atoms with E-state index in [4.69, 9.17) is 0 Å². The molecule has 4 nitrogen and oxygen atoms in total. The average molecular weight is 332 g/mol. The van der Waals surface area contributed by atoms with Crippen LogP contribution in [0.3, 0.4) is 0 Å². The van der Waals surface area contributed by atoms with Crippen molar-refractivity contribution >= 4 is 23.2 Å². The second kappa shape index (κ2) is 5.96. The Hall–Kier alpha value is -2.75. The van der Waals surface area contributed by atoms with Crippen molar-refractivity contribution in [1.29, 1.82) is 0 Å². The summed E-state index contributed by atoms with van der Waals surface area (Å²) in [7, 11) is 0. The third kappa shape index (κ3) is 2.88. The van der Waals surface area contributed by atoms with Crippen LogP contribution in [0.1, 0.15) is 41.8 Å². The van der Waals surface area contributed by atoms with Gasteiger partial charge in [0.15, 0.2) is 5.78 Å². The van der Waals surface area contributed by atoms with Gasteiger partial charge in [0.2, 0.25) is 0 Å². The first-order chi connectivity index (χ1) is 12.0. The lowest BCUT2D eigenvalue weighted by Gasteiger charge is -2.19. The number of hydrogen-bond acceptors (Lipinski definition) is 2. The van der Waals surface area contributed by atoms with Gasteiger partial charge in [-0.3, -0.25) is 9.59 Å². The summed E-state index contributed by atoms with van der Waals surface area (Å²) < 4.78 is 0. The Bertz CT molecular complexity index is 900. The molecule has 1 amide bonds. The maximum atomic E-state index is 12.5. The summed E-state index contributed by atoms with van der Waals surface area (Å²) in [5.74, 6) is 1.18. The number of ketones is 1. The van der Waals surface area contributed by atoms with Crippen molar-refractivity contribution in [2.75, 3.05) is 4.90 Å². The topological polar surface area (TPSA) is 49.7 Å². The van der Waals surface area contributed by atoms with Crippen molar-refractivity contribution in [2.45, 2.75) is 26.8 Å². The summed E-state index contributed by atoms with van der Waals surface area (Å²) in [4.78, 5) is 30.7. The Labute approximate surface area is 147 Å². The highest BCUT2D eigenvalue weighted by Gasteiger charge is 2.40. The molecule has 1 saturated carbocycles. The summed E-state index contributed by atoms with van der Waals surface area (Å²) in [6, 6.07) is 15.5. The van der Waals surface area contributed by atoms with E-state index >= 15 is 0 Å². The summed E-state index contributed by atoms with van der Waals surface area (Å²) in [5, 5.41) is 0. The lowest BCUT2D eigenvalue weighted by atomic mass is 10.1. The number of nitrogens with zero attached hydrogens (tertiary/aromatic N) is 2. The molecule has 4 heteroatoms. The number of hydrogen-bond donors (Lipinski definition) is 0. The molecule has 126 valence electrons. The molecule has 2 aliphatic rings. The molecule has 1 aliphatic carbocycles. The van der Waals surface area contributed by atoms with Gasteiger partial charge >= 0.3 is 0 Å². The molecular formula is C21H20N2O2. The van der Waals surface area contributed by atoms with Gasteiger partial charge in [0, 0.05) is 22.7 Å². The molecular weight excluding hydrogens is 312 g/mol. The number of benzene rings is 2. The minimum atomic E-state index is -0.0353. The first kappa shape index (κ1) is 15.8. The molecule has 0 bridgehead atoms. The summed E-state index contributed by atoms with van der Waals surface area (Å²) in [6.45, 7) is 4.30. The van der Waals surface area contributed by atoms with E-state index in [9.17, 15) is 9.59 Å². The van der Waals surface area contributed by atoms with Crippen molar-refractivity contribution in [3.63, 3.8) is 0 Å². The number of aliphatic imine (C=N–C) groups is 1. The standard InChI is InChI=1S/C21H20N2O2/c1-13-10-19(13)21(25)22-20-18-9-4-3-6-16(18)12-23(20)17-8-5-7-15(11-17)14(2)24/h3-9,11,13,19H,10,12H2,1-2H3/t13-,19-/m1/s1. The van der Waals surface area contributed by atoms with Gasteiger partial charge in [-0.2, -0.15) is 4.99 Å². The predicted molar refractivity (Wildman–Crippen MR) is 97.9 cm³/mol. The molecule has 0 spiro atoms. The second-order valence-electron chi connectivity index (χ2n) is 6.94. The van der Waals surface area contributed by atoms with Crippen LogP contribution in [0.25, 0.3) is 0 Å². The zero-order valence-corrected chi connectivity index (χ0v) is 14.4. The third-order valence-corrected chi connectivity index (χ3v) is 5.05. The highest BCUT2D eigenvalue weighted by molar-refractivity contribution is 6.17. The molecule has 1 heterocycles. The molecule has 4 rings (SSSR count). The van der Waals surface area contributed by atoms with Gasteiger partial charge in [-0.1, -0.05) is 43.3 Å². The van der Waals surface area contributed by atoms with Crippen LogP contribution in [0.5, 0.6) is 0 Å². The highest BCUT2D eigenvalue weighted by atomic mass is 16.1. The number of carbonyl (C=O) groups is 2. The van der Waals surface area contributed by atoms with Crippen LogP contribution in [-0.2, 0) is 11.3 Å².